The van der Waals surface area contributed by atoms with Gasteiger partial charge in [0, 0.05) is 38.3 Å². The molecule has 3 aliphatic rings. The molecule has 6 nitrogen and oxygen atoms in total. The van der Waals surface area contributed by atoms with Gasteiger partial charge in [0.15, 0.2) is 0 Å². The van der Waals surface area contributed by atoms with E-state index in [9.17, 15) is 9.59 Å². The van der Waals surface area contributed by atoms with Crippen LogP contribution in [0, 0.1) is 25.7 Å². The molecular weight excluding hydrogens is 472 g/mol. The predicted octanol–water partition coefficient (Wildman–Crippen LogP) is 4.43. The molecule has 3 fully saturated rings. The van der Waals surface area contributed by atoms with E-state index in [1.54, 1.807) is 0 Å². The van der Waals surface area contributed by atoms with E-state index >= 15 is 0 Å². The number of nitrogens with zero attached hydrogens (tertiary/aromatic N) is 3. The predicted molar refractivity (Wildman–Crippen MR) is 152 cm³/mol. The maximum atomic E-state index is 13.4. The zero-order valence-corrected chi connectivity index (χ0v) is 23.4. The molecule has 3 heterocycles. The van der Waals surface area contributed by atoms with Crippen LogP contribution in [0.15, 0.2) is 48.5 Å². The molecule has 4 atom stereocenters. The average molecular weight is 517 g/mol. The molecular formula is C32H44N4O2. The highest BCUT2D eigenvalue weighted by Crippen LogP contribution is 2.33. The van der Waals surface area contributed by atoms with Gasteiger partial charge in [-0.2, -0.15) is 0 Å². The van der Waals surface area contributed by atoms with E-state index in [0.717, 1.165) is 75.2 Å². The topological polar surface area (TPSA) is 55.9 Å². The molecule has 2 aromatic carbocycles. The quantitative estimate of drug-likeness (QED) is 0.592. The molecule has 0 aromatic heterocycles. The number of carbonyl (C=O) groups is 2. The number of amides is 2. The summed E-state index contributed by atoms with van der Waals surface area (Å²) in [6.45, 7) is 9.78. The molecule has 0 spiro atoms. The van der Waals surface area contributed by atoms with Crippen LogP contribution in [0.4, 0.5) is 0 Å². The zero-order valence-electron chi connectivity index (χ0n) is 23.4. The number of nitrogens with one attached hydrogen (secondary N) is 1. The largest absolute Gasteiger partial charge is 0.348 e. The van der Waals surface area contributed by atoms with Crippen molar-refractivity contribution in [3.8, 4) is 0 Å². The lowest BCUT2D eigenvalue weighted by atomic mass is 10.0. The van der Waals surface area contributed by atoms with Crippen molar-refractivity contribution in [2.24, 2.45) is 11.8 Å². The van der Waals surface area contributed by atoms with Crippen molar-refractivity contribution in [2.75, 3.05) is 46.3 Å². The molecule has 5 rings (SSSR count). The molecule has 2 amide bonds. The van der Waals surface area contributed by atoms with E-state index in [4.69, 9.17) is 0 Å². The molecule has 0 aliphatic carbocycles. The number of likely N-dealkylation sites (tertiary alicyclic amines) is 3. The lowest BCUT2D eigenvalue weighted by Crippen LogP contribution is -2.46. The first-order chi connectivity index (χ1) is 18.4. The van der Waals surface area contributed by atoms with Gasteiger partial charge >= 0.3 is 0 Å². The van der Waals surface area contributed by atoms with Crippen molar-refractivity contribution >= 4 is 11.8 Å². The van der Waals surface area contributed by atoms with Crippen molar-refractivity contribution in [3.63, 3.8) is 0 Å². The number of rotatable bonds is 7. The van der Waals surface area contributed by atoms with Crippen LogP contribution in [0.25, 0.3) is 0 Å². The number of likely N-dealkylation sites (N-methyl/N-ethyl adjacent to an activating group) is 1. The first-order valence-corrected chi connectivity index (χ1v) is 14.5. The molecule has 2 aromatic rings. The lowest BCUT2D eigenvalue weighted by molar-refractivity contribution is -0.126. The molecule has 6 heteroatoms. The fourth-order valence-electron chi connectivity index (χ4n) is 6.92. The summed E-state index contributed by atoms with van der Waals surface area (Å²) < 4.78 is 0. The SMILES string of the molecule is Cc1cccc(C)c1C(=O)N1CC2CN(CC[C@H](NC(=O)C3CCCCCN3C)c3ccccc3)CC2C1. The van der Waals surface area contributed by atoms with Crippen LogP contribution in [0.3, 0.4) is 0 Å². The molecule has 204 valence electrons. The minimum Gasteiger partial charge on any atom is -0.348 e. The molecule has 1 N–H and O–H groups in total. The number of fused-ring (bicyclic) bond motifs is 1. The van der Waals surface area contributed by atoms with Crippen molar-refractivity contribution in [1.29, 1.82) is 0 Å². The second-order valence-corrected chi connectivity index (χ2v) is 11.9. The van der Waals surface area contributed by atoms with E-state index in [0.29, 0.717) is 11.8 Å². The third-order valence-corrected chi connectivity index (χ3v) is 9.12. The van der Waals surface area contributed by atoms with Crippen LogP contribution < -0.4 is 5.32 Å². The number of benzene rings is 2. The number of carbonyl (C=O) groups excluding carboxylic acids is 2. The summed E-state index contributed by atoms with van der Waals surface area (Å²) in [6.07, 6.45) is 5.35. The van der Waals surface area contributed by atoms with Crippen LogP contribution in [0.5, 0.6) is 0 Å². The van der Waals surface area contributed by atoms with Gasteiger partial charge in [-0.1, -0.05) is 61.4 Å². The lowest BCUT2D eigenvalue weighted by Gasteiger charge is -2.29. The maximum absolute atomic E-state index is 13.4. The van der Waals surface area contributed by atoms with E-state index < -0.39 is 0 Å². The van der Waals surface area contributed by atoms with E-state index in [-0.39, 0.29) is 23.9 Å². The van der Waals surface area contributed by atoms with Crippen LogP contribution >= 0.6 is 0 Å². The molecule has 0 saturated carbocycles. The summed E-state index contributed by atoms with van der Waals surface area (Å²) >= 11 is 0. The highest BCUT2D eigenvalue weighted by atomic mass is 16.2. The molecule has 0 bridgehead atoms. The Morgan fingerprint density at radius 2 is 1.58 bits per heavy atom. The average Bonchev–Trinajstić information content (AvgIpc) is 3.40. The van der Waals surface area contributed by atoms with Gasteiger partial charge in [0.25, 0.3) is 5.91 Å². The summed E-state index contributed by atoms with van der Waals surface area (Å²) in [4.78, 5) is 33.5. The normalized spacial score (nSPS) is 25.1. The summed E-state index contributed by atoms with van der Waals surface area (Å²) in [6, 6.07) is 16.5. The van der Waals surface area contributed by atoms with Gasteiger partial charge in [0.05, 0.1) is 12.1 Å². The van der Waals surface area contributed by atoms with Gasteiger partial charge in [0.2, 0.25) is 5.91 Å². The summed E-state index contributed by atoms with van der Waals surface area (Å²) in [5.74, 6) is 1.43. The van der Waals surface area contributed by atoms with Crippen molar-refractivity contribution in [3.05, 3.63) is 70.8 Å². The fraction of sp³-hybridized carbons (Fsp3) is 0.562. The fourth-order valence-corrected chi connectivity index (χ4v) is 6.92. The van der Waals surface area contributed by atoms with E-state index in [2.05, 4.69) is 51.3 Å². The summed E-state index contributed by atoms with van der Waals surface area (Å²) in [7, 11) is 2.09. The highest BCUT2D eigenvalue weighted by molar-refractivity contribution is 5.97. The van der Waals surface area contributed by atoms with Crippen LogP contribution in [-0.2, 0) is 4.79 Å². The second kappa shape index (κ2) is 12.0. The van der Waals surface area contributed by atoms with Gasteiger partial charge in [-0.05, 0) is 75.2 Å². The Morgan fingerprint density at radius 3 is 2.26 bits per heavy atom. The molecule has 3 aliphatic heterocycles. The van der Waals surface area contributed by atoms with Crippen molar-refractivity contribution in [2.45, 2.75) is 58.0 Å². The molecule has 3 unspecified atom stereocenters. The van der Waals surface area contributed by atoms with E-state index in [1.165, 1.54) is 18.4 Å². The van der Waals surface area contributed by atoms with Gasteiger partial charge in [-0.3, -0.25) is 14.5 Å². The van der Waals surface area contributed by atoms with Crippen LogP contribution in [0.1, 0.15) is 65.2 Å². The molecule has 0 radical (unpaired) electrons. The summed E-state index contributed by atoms with van der Waals surface area (Å²) in [5.41, 5.74) is 4.20. The maximum Gasteiger partial charge on any atom is 0.254 e. The van der Waals surface area contributed by atoms with Crippen molar-refractivity contribution in [1.82, 2.24) is 20.0 Å². The van der Waals surface area contributed by atoms with Gasteiger partial charge < -0.3 is 15.1 Å². The van der Waals surface area contributed by atoms with E-state index in [1.807, 2.05) is 38.1 Å². The highest BCUT2D eigenvalue weighted by Gasteiger charge is 2.42. The first-order valence-electron chi connectivity index (χ1n) is 14.5. The Bertz CT molecular complexity index is 1090. The van der Waals surface area contributed by atoms with Crippen LogP contribution in [-0.4, -0.2) is 78.9 Å². The van der Waals surface area contributed by atoms with Crippen molar-refractivity contribution < 1.29 is 9.59 Å². The summed E-state index contributed by atoms with van der Waals surface area (Å²) in [5, 5.41) is 3.43. The van der Waals surface area contributed by atoms with Gasteiger partial charge in [-0.15, -0.1) is 0 Å². The van der Waals surface area contributed by atoms with Gasteiger partial charge in [-0.25, -0.2) is 0 Å². The second-order valence-electron chi connectivity index (χ2n) is 11.9. The molecule has 3 saturated heterocycles. The number of hydrogen-bond donors (Lipinski definition) is 1. The molecule has 38 heavy (non-hydrogen) atoms. The zero-order chi connectivity index (χ0) is 26.6. The van der Waals surface area contributed by atoms with Crippen LogP contribution in [0.2, 0.25) is 0 Å². The Kier molecular flexibility index (Phi) is 8.49. The smallest absolute Gasteiger partial charge is 0.254 e. The number of aryl methyl sites for hydroxylation is 2. The first kappa shape index (κ1) is 26.9. The Balaban J connectivity index is 1.18. The minimum atomic E-state index is -0.0322. The van der Waals surface area contributed by atoms with Gasteiger partial charge in [0.1, 0.15) is 0 Å². The standard InChI is InChI=1S/C32H44N4O2/c1-23-11-10-12-24(2)30(23)32(38)36-21-26-19-35(20-27(26)22-36)18-16-28(25-13-6-4-7-14-25)33-31(37)29-15-8-5-9-17-34(29)3/h4,6-7,10-14,26-29H,5,8-9,15-22H2,1-3H3,(H,33,37)/t26?,27?,28-,29?/m0/s1. The monoisotopic (exact) mass is 516 g/mol. The third-order valence-electron chi connectivity index (χ3n) is 9.12. The Morgan fingerprint density at radius 1 is 0.895 bits per heavy atom. The Labute approximate surface area is 228 Å². The minimum absolute atomic E-state index is 0.0166. The number of hydrogen-bond acceptors (Lipinski definition) is 4. The Hall–Kier alpha value is -2.70. The third kappa shape index (κ3) is 5.97.